The molecule has 3 rings (SSSR count). The van der Waals surface area contributed by atoms with Gasteiger partial charge >= 0.3 is 5.97 Å². The second-order valence-corrected chi connectivity index (χ2v) is 7.45. The lowest BCUT2D eigenvalue weighted by Gasteiger charge is -2.40. The first-order chi connectivity index (χ1) is 11.4. The van der Waals surface area contributed by atoms with Crippen molar-refractivity contribution in [1.82, 2.24) is 10.1 Å². The lowest BCUT2D eigenvalue weighted by molar-refractivity contribution is -0.156. The Hall–Kier alpha value is -1.85. The Morgan fingerprint density at radius 1 is 1.38 bits per heavy atom. The van der Waals surface area contributed by atoms with Crippen LogP contribution in [-0.2, 0) is 16.0 Å². The number of piperidine rings is 1. The van der Waals surface area contributed by atoms with Gasteiger partial charge in [-0.3, -0.25) is 9.59 Å². The summed E-state index contributed by atoms with van der Waals surface area (Å²) >= 11 is 0. The van der Waals surface area contributed by atoms with Gasteiger partial charge in [0.2, 0.25) is 5.91 Å². The van der Waals surface area contributed by atoms with Crippen LogP contribution in [0.5, 0.6) is 0 Å². The number of hydrogen-bond acceptors (Lipinski definition) is 4. The molecule has 1 aromatic heterocycles. The summed E-state index contributed by atoms with van der Waals surface area (Å²) in [5.74, 6) is 0.597. The van der Waals surface area contributed by atoms with E-state index in [2.05, 4.69) is 5.16 Å². The van der Waals surface area contributed by atoms with Gasteiger partial charge in [0, 0.05) is 25.1 Å². The first-order valence-corrected chi connectivity index (χ1v) is 8.84. The van der Waals surface area contributed by atoms with Crippen molar-refractivity contribution in [2.24, 2.45) is 11.3 Å². The van der Waals surface area contributed by atoms with E-state index in [9.17, 15) is 14.7 Å². The Bertz CT molecular complexity index is 615. The van der Waals surface area contributed by atoms with E-state index >= 15 is 0 Å². The molecular weight excluding hydrogens is 308 g/mol. The van der Waals surface area contributed by atoms with Crippen LogP contribution in [0.3, 0.4) is 0 Å². The summed E-state index contributed by atoms with van der Waals surface area (Å²) in [6, 6.07) is 0. The van der Waals surface area contributed by atoms with Crippen LogP contribution in [0.15, 0.2) is 4.52 Å². The highest BCUT2D eigenvalue weighted by Gasteiger charge is 2.46. The number of likely N-dealkylation sites (tertiary alicyclic amines) is 1. The highest BCUT2D eigenvalue weighted by molar-refractivity contribution is 5.80. The number of aryl methyl sites for hydroxylation is 2. The Morgan fingerprint density at radius 2 is 2.12 bits per heavy atom. The minimum absolute atomic E-state index is 0.0381. The minimum atomic E-state index is -0.738. The normalized spacial score (nSPS) is 24.2. The average Bonchev–Trinajstić information content (AvgIpc) is 3.30. The molecule has 2 aliphatic rings. The maximum atomic E-state index is 12.6. The summed E-state index contributed by atoms with van der Waals surface area (Å²) in [5.41, 5.74) is 1.08. The van der Waals surface area contributed by atoms with Gasteiger partial charge in [-0.05, 0) is 45.4 Å². The predicted molar refractivity (Wildman–Crippen MR) is 87.5 cm³/mol. The van der Waals surface area contributed by atoms with Crippen LogP contribution in [-0.4, -0.2) is 40.1 Å². The molecule has 0 spiro atoms. The highest BCUT2D eigenvalue weighted by atomic mass is 16.5. The Morgan fingerprint density at radius 3 is 2.71 bits per heavy atom. The van der Waals surface area contributed by atoms with Crippen LogP contribution in [0, 0.1) is 25.2 Å². The van der Waals surface area contributed by atoms with Gasteiger partial charge in [0.1, 0.15) is 5.76 Å². The maximum Gasteiger partial charge on any atom is 0.311 e. The van der Waals surface area contributed by atoms with Crippen molar-refractivity contribution >= 4 is 11.9 Å². The van der Waals surface area contributed by atoms with E-state index in [1.165, 1.54) is 0 Å². The van der Waals surface area contributed by atoms with Crippen LogP contribution in [0.4, 0.5) is 0 Å². The van der Waals surface area contributed by atoms with Crippen molar-refractivity contribution in [2.45, 2.75) is 58.8 Å². The highest BCUT2D eigenvalue weighted by Crippen LogP contribution is 2.45. The predicted octanol–water partition coefficient (Wildman–Crippen LogP) is 2.72. The molecule has 1 aliphatic carbocycles. The van der Waals surface area contributed by atoms with E-state index in [0.717, 1.165) is 42.7 Å². The first kappa shape index (κ1) is 17.0. The summed E-state index contributed by atoms with van der Waals surface area (Å²) < 4.78 is 5.14. The average molecular weight is 334 g/mol. The lowest BCUT2D eigenvalue weighted by atomic mass is 9.75. The van der Waals surface area contributed by atoms with E-state index in [0.29, 0.717) is 38.3 Å². The fourth-order valence-corrected chi connectivity index (χ4v) is 3.90. The van der Waals surface area contributed by atoms with Gasteiger partial charge in [-0.15, -0.1) is 0 Å². The summed E-state index contributed by atoms with van der Waals surface area (Å²) in [4.78, 5) is 26.3. The lowest BCUT2D eigenvalue weighted by Crippen LogP contribution is -2.50. The third kappa shape index (κ3) is 3.47. The summed E-state index contributed by atoms with van der Waals surface area (Å²) in [6.45, 7) is 4.76. The third-order valence-electron chi connectivity index (χ3n) is 5.53. The molecule has 2 fully saturated rings. The molecule has 0 radical (unpaired) electrons. The molecule has 132 valence electrons. The van der Waals surface area contributed by atoms with Crippen LogP contribution >= 0.6 is 0 Å². The smallest absolute Gasteiger partial charge is 0.311 e. The van der Waals surface area contributed by atoms with Crippen molar-refractivity contribution in [3.05, 3.63) is 17.0 Å². The van der Waals surface area contributed by atoms with Crippen molar-refractivity contribution in [3.63, 3.8) is 0 Å². The SMILES string of the molecule is Cc1noc(C)c1CCC(=O)N1CCCC(CC2CC2)(C(=O)O)C1. The van der Waals surface area contributed by atoms with E-state index in [1.807, 2.05) is 13.8 Å². The zero-order valence-corrected chi connectivity index (χ0v) is 14.5. The maximum absolute atomic E-state index is 12.6. The number of carboxylic acids is 1. The van der Waals surface area contributed by atoms with Crippen LogP contribution in [0.2, 0.25) is 0 Å². The Kier molecular flexibility index (Phi) is 4.65. The number of carboxylic acid groups (broad SMARTS) is 1. The number of amides is 1. The van der Waals surface area contributed by atoms with Gasteiger partial charge < -0.3 is 14.5 Å². The number of aromatic nitrogens is 1. The fraction of sp³-hybridized carbons (Fsp3) is 0.722. The number of rotatable bonds is 6. The quantitative estimate of drug-likeness (QED) is 0.865. The van der Waals surface area contributed by atoms with E-state index in [1.54, 1.807) is 4.90 Å². The van der Waals surface area contributed by atoms with Gasteiger partial charge in [0.15, 0.2) is 0 Å². The van der Waals surface area contributed by atoms with Gasteiger partial charge in [-0.1, -0.05) is 18.0 Å². The van der Waals surface area contributed by atoms with E-state index < -0.39 is 11.4 Å². The number of nitrogens with zero attached hydrogens (tertiary/aromatic N) is 2. The minimum Gasteiger partial charge on any atom is -0.481 e. The van der Waals surface area contributed by atoms with Gasteiger partial charge in [0.05, 0.1) is 11.1 Å². The van der Waals surface area contributed by atoms with Gasteiger partial charge in [0.25, 0.3) is 0 Å². The Labute approximate surface area is 142 Å². The zero-order chi connectivity index (χ0) is 17.3. The molecule has 6 nitrogen and oxygen atoms in total. The van der Waals surface area contributed by atoms with Crippen LogP contribution < -0.4 is 0 Å². The molecule has 2 heterocycles. The number of carbonyl (C=O) groups excluding carboxylic acids is 1. The van der Waals surface area contributed by atoms with Crippen molar-refractivity contribution in [3.8, 4) is 0 Å². The molecule has 6 heteroatoms. The molecule has 0 aromatic carbocycles. The van der Waals surface area contributed by atoms with Crippen molar-refractivity contribution < 1.29 is 19.2 Å². The topological polar surface area (TPSA) is 83.6 Å². The molecule has 0 bridgehead atoms. The van der Waals surface area contributed by atoms with Crippen LogP contribution in [0.1, 0.15) is 55.5 Å². The monoisotopic (exact) mass is 334 g/mol. The molecule has 1 saturated heterocycles. The van der Waals surface area contributed by atoms with Crippen molar-refractivity contribution in [2.75, 3.05) is 13.1 Å². The molecule has 1 aromatic rings. The molecule has 1 atom stereocenters. The Balaban J connectivity index is 1.63. The summed E-state index contributed by atoms with van der Waals surface area (Å²) in [5, 5.41) is 13.7. The third-order valence-corrected chi connectivity index (χ3v) is 5.53. The standard InChI is InChI=1S/C18H26N2O4/c1-12-15(13(2)24-19-12)6-7-16(21)20-9-3-8-18(11-20,17(22)23)10-14-4-5-14/h14H,3-11H2,1-2H3,(H,22,23). The molecule has 1 amide bonds. The number of carbonyl (C=O) groups is 2. The second kappa shape index (κ2) is 6.57. The number of hydrogen-bond donors (Lipinski definition) is 1. The first-order valence-electron chi connectivity index (χ1n) is 8.84. The van der Waals surface area contributed by atoms with Gasteiger partial charge in [-0.2, -0.15) is 0 Å². The molecule has 24 heavy (non-hydrogen) atoms. The molecular formula is C18H26N2O4. The second-order valence-electron chi connectivity index (χ2n) is 7.45. The van der Waals surface area contributed by atoms with Crippen molar-refractivity contribution in [1.29, 1.82) is 0 Å². The molecule has 1 unspecified atom stereocenters. The van der Waals surface area contributed by atoms with Crippen LogP contribution in [0.25, 0.3) is 0 Å². The van der Waals surface area contributed by atoms with E-state index in [-0.39, 0.29) is 5.91 Å². The molecule has 1 N–H and O–H groups in total. The summed E-state index contributed by atoms with van der Waals surface area (Å²) in [7, 11) is 0. The number of aliphatic carboxylic acids is 1. The molecule has 1 aliphatic heterocycles. The van der Waals surface area contributed by atoms with E-state index in [4.69, 9.17) is 4.52 Å². The summed E-state index contributed by atoms with van der Waals surface area (Å²) in [6.07, 6.45) is 5.42. The molecule has 1 saturated carbocycles. The van der Waals surface area contributed by atoms with Gasteiger partial charge in [-0.25, -0.2) is 0 Å². The largest absolute Gasteiger partial charge is 0.481 e. The zero-order valence-electron chi connectivity index (χ0n) is 14.5. The fourth-order valence-electron chi connectivity index (χ4n) is 3.90.